The van der Waals surface area contributed by atoms with Crippen molar-refractivity contribution in [3.63, 3.8) is 0 Å². The third-order valence-corrected chi connectivity index (χ3v) is 4.52. The second-order valence-electron chi connectivity index (χ2n) is 6.31. The maximum absolute atomic E-state index is 13.3. The molecule has 2 rings (SSSR count). The third-order valence-electron chi connectivity index (χ3n) is 4.52. The average Bonchev–Trinajstić information content (AvgIpc) is 2.59. The molecule has 2 unspecified atom stereocenters. The molecular formula is C17H26FN. The summed E-state index contributed by atoms with van der Waals surface area (Å²) in [6.07, 6.45) is 6.34. The molecule has 0 aliphatic heterocycles. The van der Waals surface area contributed by atoms with Gasteiger partial charge in [-0.3, -0.25) is 0 Å². The van der Waals surface area contributed by atoms with Crippen molar-refractivity contribution in [2.75, 3.05) is 5.32 Å². The molecule has 2 atom stereocenters. The summed E-state index contributed by atoms with van der Waals surface area (Å²) in [5.74, 6) is 1.50. The quantitative estimate of drug-likeness (QED) is 0.743. The molecule has 1 N–H and O–H groups in total. The van der Waals surface area contributed by atoms with Crippen LogP contribution in [0.25, 0.3) is 0 Å². The number of hydrogen-bond acceptors (Lipinski definition) is 1. The van der Waals surface area contributed by atoms with Crippen molar-refractivity contribution in [1.29, 1.82) is 0 Å². The monoisotopic (exact) mass is 263 g/mol. The lowest BCUT2D eigenvalue weighted by molar-refractivity contribution is 0.341. The SMILES string of the molecule is Cc1ccc(F)cc1NC1CCCC(C(C)C)CC1. The molecule has 1 nitrogen and oxygen atoms in total. The summed E-state index contributed by atoms with van der Waals surface area (Å²) in [5.41, 5.74) is 2.10. The topological polar surface area (TPSA) is 12.0 Å². The highest BCUT2D eigenvalue weighted by atomic mass is 19.1. The van der Waals surface area contributed by atoms with Crippen molar-refractivity contribution in [1.82, 2.24) is 0 Å². The molecule has 19 heavy (non-hydrogen) atoms. The van der Waals surface area contributed by atoms with E-state index in [2.05, 4.69) is 19.2 Å². The normalized spacial score (nSPS) is 24.3. The zero-order valence-electron chi connectivity index (χ0n) is 12.4. The van der Waals surface area contributed by atoms with Crippen LogP contribution in [0.3, 0.4) is 0 Å². The van der Waals surface area contributed by atoms with E-state index in [1.165, 1.54) is 38.2 Å². The first-order chi connectivity index (χ1) is 9.06. The van der Waals surface area contributed by atoms with Gasteiger partial charge in [0.05, 0.1) is 0 Å². The van der Waals surface area contributed by atoms with E-state index in [9.17, 15) is 4.39 Å². The number of hydrogen-bond donors (Lipinski definition) is 1. The fourth-order valence-corrected chi connectivity index (χ4v) is 3.11. The average molecular weight is 263 g/mol. The lowest BCUT2D eigenvalue weighted by Crippen LogP contribution is -2.19. The predicted molar refractivity (Wildman–Crippen MR) is 80.0 cm³/mol. The van der Waals surface area contributed by atoms with Gasteiger partial charge in [0.25, 0.3) is 0 Å². The first-order valence-corrected chi connectivity index (χ1v) is 7.59. The van der Waals surface area contributed by atoms with E-state index < -0.39 is 0 Å². The Labute approximate surface area is 116 Å². The van der Waals surface area contributed by atoms with Crippen molar-refractivity contribution in [3.8, 4) is 0 Å². The van der Waals surface area contributed by atoms with E-state index in [4.69, 9.17) is 0 Å². The second kappa shape index (κ2) is 6.40. The smallest absolute Gasteiger partial charge is 0.125 e. The minimum Gasteiger partial charge on any atom is -0.382 e. The highest BCUT2D eigenvalue weighted by Gasteiger charge is 2.21. The van der Waals surface area contributed by atoms with Crippen LogP contribution in [0.5, 0.6) is 0 Å². The summed E-state index contributed by atoms with van der Waals surface area (Å²) < 4.78 is 13.3. The third kappa shape index (κ3) is 3.95. The van der Waals surface area contributed by atoms with Gasteiger partial charge in [-0.2, -0.15) is 0 Å². The van der Waals surface area contributed by atoms with Crippen molar-refractivity contribution in [2.45, 2.75) is 58.9 Å². The Kier molecular flexibility index (Phi) is 4.84. The second-order valence-corrected chi connectivity index (χ2v) is 6.31. The summed E-state index contributed by atoms with van der Waals surface area (Å²) in [4.78, 5) is 0. The minimum absolute atomic E-state index is 0.151. The number of nitrogens with one attached hydrogen (secondary N) is 1. The van der Waals surface area contributed by atoms with E-state index in [0.717, 1.165) is 23.1 Å². The van der Waals surface area contributed by atoms with Crippen molar-refractivity contribution >= 4 is 5.69 Å². The predicted octanol–water partition coefficient (Wildman–Crippen LogP) is 5.15. The molecule has 0 spiro atoms. The van der Waals surface area contributed by atoms with Crippen LogP contribution in [-0.2, 0) is 0 Å². The Hall–Kier alpha value is -1.05. The Morgan fingerprint density at radius 1 is 1.16 bits per heavy atom. The van der Waals surface area contributed by atoms with Crippen LogP contribution >= 0.6 is 0 Å². The zero-order valence-corrected chi connectivity index (χ0v) is 12.4. The fraction of sp³-hybridized carbons (Fsp3) is 0.647. The largest absolute Gasteiger partial charge is 0.382 e. The lowest BCUT2D eigenvalue weighted by Gasteiger charge is -2.20. The molecule has 0 saturated heterocycles. The van der Waals surface area contributed by atoms with Gasteiger partial charge >= 0.3 is 0 Å². The maximum atomic E-state index is 13.3. The van der Waals surface area contributed by atoms with Crippen LogP contribution in [0.15, 0.2) is 18.2 Å². The number of anilines is 1. The summed E-state index contributed by atoms with van der Waals surface area (Å²) in [7, 11) is 0. The molecule has 1 saturated carbocycles. The number of rotatable bonds is 3. The van der Waals surface area contributed by atoms with Gasteiger partial charge < -0.3 is 5.32 Å². The van der Waals surface area contributed by atoms with Crippen molar-refractivity contribution in [2.24, 2.45) is 11.8 Å². The highest BCUT2D eigenvalue weighted by molar-refractivity contribution is 5.51. The van der Waals surface area contributed by atoms with Crippen molar-refractivity contribution < 1.29 is 4.39 Å². The highest BCUT2D eigenvalue weighted by Crippen LogP contribution is 2.30. The fourth-order valence-electron chi connectivity index (χ4n) is 3.11. The molecule has 1 aliphatic rings. The first kappa shape index (κ1) is 14.4. The molecule has 1 fully saturated rings. The van der Waals surface area contributed by atoms with E-state index in [0.29, 0.717) is 6.04 Å². The Balaban J connectivity index is 1.98. The molecule has 1 aliphatic carbocycles. The van der Waals surface area contributed by atoms with Crippen LogP contribution in [0.4, 0.5) is 10.1 Å². The van der Waals surface area contributed by atoms with Crippen molar-refractivity contribution in [3.05, 3.63) is 29.6 Å². The molecule has 0 radical (unpaired) electrons. The molecular weight excluding hydrogens is 237 g/mol. The van der Waals surface area contributed by atoms with Crippen LogP contribution in [0.1, 0.15) is 51.5 Å². The molecule has 0 aromatic heterocycles. The molecule has 2 heteroatoms. The Bertz CT molecular complexity index is 414. The van der Waals surface area contributed by atoms with Gasteiger partial charge in [0.15, 0.2) is 0 Å². The maximum Gasteiger partial charge on any atom is 0.125 e. The molecule has 1 aromatic rings. The number of halogens is 1. The molecule has 0 amide bonds. The van der Waals surface area contributed by atoms with Gasteiger partial charge in [-0.05, 0) is 55.7 Å². The van der Waals surface area contributed by atoms with E-state index in [-0.39, 0.29) is 5.82 Å². The summed E-state index contributed by atoms with van der Waals surface area (Å²) in [6, 6.07) is 5.51. The van der Waals surface area contributed by atoms with E-state index in [1.807, 2.05) is 13.0 Å². The Morgan fingerprint density at radius 2 is 1.95 bits per heavy atom. The standard InChI is InChI=1S/C17H26FN/c1-12(2)14-5-4-6-16(10-8-14)19-17-11-15(18)9-7-13(17)3/h7,9,11-12,14,16,19H,4-6,8,10H2,1-3H3. The van der Waals surface area contributed by atoms with E-state index >= 15 is 0 Å². The minimum atomic E-state index is -0.151. The molecule has 1 aromatic carbocycles. The summed E-state index contributed by atoms with van der Waals surface area (Å²) >= 11 is 0. The van der Waals surface area contributed by atoms with Gasteiger partial charge in [0, 0.05) is 11.7 Å². The van der Waals surface area contributed by atoms with Gasteiger partial charge in [-0.25, -0.2) is 4.39 Å². The molecule has 0 heterocycles. The first-order valence-electron chi connectivity index (χ1n) is 7.59. The Morgan fingerprint density at radius 3 is 2.68 bits per heavy atom. The zero-order chi connectivity index (χ0) is 13.8. The van der Waals surface area contributed by atoms with Crippen LogP contribution in [0.2, 0.25) is 0 Å². The number of aryl methyl sites for hydroxylation is 1. The number of benzene rings is 1. The van der Waals surface area contributed by atoms with Gasteiger partial charge in [0.2, 0.25) is 0 Å². The van der Waals surface area contributed by atoms with Gasteiger partial charge in [-0.1, -0.05) is 32.8 Å². The summed E-state index contributed by atoms with van der Waals surface area (Å²) in [5, 5.41) is 3.55. The van der Waals surface area contributed by atoms with Gasteiger partial charge in [0.1, 0.15) is 5.82 Å². The van der Waals surface area contributed by atoms with Crippen LogP contribution < -0.4 is 5.32 Å². The molecule has 106 valence electrons. The molecule has 0 bridgehead atoms. The summed E-state index contributed by atoms with van der Waals surface area (Å²) in [6.45, 7) is 6.69. The van der Waals surface area contributed by atoms with E-state index in [1.54, 1.807) is 6.07 Å². The van der Waals surface area contributed by atoms with Crippen LogP contribution in [-0.4, -0.2) is 6.04 Å². The lowest BCUT2D eigenvalue weighted by atomic mass is 9.89. The van der Waals surface area contributed by atoms with Gasteiger partial charge in [-0.15, -0.1) is 0 Å². The van der Waals surface area contributed by atoms with Crippen LogP contribution in [0, 0.1) is 24.6 Å².